The molecular weight excluding hydrogens is 424 g/mol. The van der Waals surface area contributed by atoms with Gasteiger partial charge < -0.3 is 14.2 Å². The number of hydrogen-bond acceptors (Lipinski definition) is 5. The fourth-order valence-electron chi connectivity index (χ4n) is 3.20. The Labute approximate surface area is 189 Å². The summed E-state index contributed by atoms with van der Waals surface area (Å²) in [5, 5.41) is 2.84. The second-order valence-corrected chi connectivity index (χ2v) is 9.05. The average Bonchev–Trinajstić information content (AvgIpc) is 3.37. The Morgan fingerprint density at radius 2 is 1.66 bits per heavy atom. The predicted molar refractivity (Wildman–Crippen MR) is 123 cm³/mol. The van der Waals surface area contributed by atoms with E-state index in [-0.39, 0.29) is 11.7 Å². The lowest BCUT2D eigenvalue weighted by Gasteiger charge is -2.04. The van der Waals surface area contributed by atoms with Crippen molar-refractivity contribution in [1.82, 2.24) is 10.3 Å². The first-order valence-corrected chi connectivity index (χ1v) is 11.6. The topological polar surface area (TPSA) is 85.3 Å². The lowest BCUT2D eigenvalue weighted by Crippen LogP contribution is -2.22. The van der Waals surface area contributed by atoms with E-state index in [0.29, 0.717) is 35.2 Å². The van der Waals surface area contributed by atoms with Gasteiger partial charge in [-0.25, -0.2) is 4.98 Å². The maximum atomic E-state index is 12.7. The highest BCUT2D eigenvalue weighted by Gasteiger charge is 2.16. The largest absolute Gasteiger partial charge is 0.465 e. The molecule has 2 aromatic carbocycles. The first kappa shape index (κ1) is 21.8. The summed E-state index contributed by atoms with van der Waals surface area (Å²) >= 11 is 0. The molecule has 1 amide bonds. The third-order valence-electron chi connectivity index (χ3n) is 5.06. The molecule has 2 heterocycles. The van der Waals surface area contributed by atoms with Gasteiger partial charge in [-0.15, -0.1) is 0 Å². The molecule has 7 heteroatoms. The second kappa shape index (κ2) is 9.36. The van der Waals surface area contributed by atoms with Gasteiger partial charge in [0.25, 0.3) is 5.91 Å². The molecule has 1 atom stereocenters. The highest BCUT2D eigenvalue weighted by Crippen LogP contribution is 2.24. The van der Waals surface area contributed by atoms with Crippen LogP contribution in [0.5, 0.6) is 0 Å². The van der Waals surface area contributed by atoms with Crippen LogP contribution in [0.2, 0.25) is 0 Å². The van der Waals surface area contributed by atoms with Gasteiger partial charge in [0, 0.05) is 16.0 Å². The van der Waals surface area contributed by atoms with E-state index in [1.165, 1.54) is 0 Å². The number of carbonyl (C=O) groups is 1. The van der Waals surface area contributed by atoms with Crippen LogP contribution >= 0.6 is 0 Å². The summed E-state index contributed by atoms with van der Waals surface area (Å²) in [6.07, 6.45) is 0. The number of aromatic nitrogens is 1. The Hall–Kier alpha value is -3.45. The molecule has 0 aliphatic carbocycles. The number of oxazole rings is 1. The van der Waals surface area contributed by atoms with Crippen molar-refractivity contribution < 1.29 is 17.8 Å². The van der Waals surface area contributed by atoms with Crippen molar-refractivity contribution in [3.8, 4) is 11.5 Å². The third kappa shape index (κ3) is 5.06. The second-order valence-electron chi connectivity index (χ2n) is 7.60. The van der Waals surface area contributed by atoms with Gasteiger partial charge in [-0.05, 0) is 69.3 Å². The van der Waals surface area contributed by atoms with E-state index in [1.807, 2.05) is 57.2 Å². The molecule has 32 heavy (non-hydrogen) atoms. The molecule has 164 valence electrons. The molecule has 0 fully saturated rings. The number of hydrogen-bond donors (Lipinski definition) is 1. The summed E-state index contributed by atoms with van der Waals surface area (Å²) in [5.41, 5.74) is 3.06. The van der Waals surface area contributed by atoms with Crippen molar-refractivity contribution in [2.75, 3.05) is 0 Å². The summed E-state index contributed by atoms with van der Waals surface area (Å²) in [5.74, 6) is 2.68. The van der Waals surface area contributed by atoms with Gasteiger partial charge in [0.1, 0.15) is 17.3 Å². The highest BCUT2D eigenvalue weighted by molar-refractivity contribution is 7.84. The van der Waals surface area contributed by atoms with Crippen LogP contribution in [0.1, 0.15) is 38.9 Å². The van der Waals surface area contributed by atoms with Crippen LogP contribution in [-0.2, 0) is 23.1 Å². The summed E-state index contributed by atoms with van der Waals surface area (Å²) in [6.45, 7) is 6.00. The van der Waals surface area contributed by atoms with E-state index in [4.69, 9.17) is 8.83 Å². The summed E-state index contributed by atoms with van der Waals surface area (Å²) in [6, 6.07) is 18.4. The van der Waals surface area contributed by atoms with Gasteiger partial charge in [0.15, 0.2) is 0 Å². The normalized spacial score (nSPS) is 12.0. The molecule has 6 nitrogen and oxygen atoms in total. The zero-order valence-corrected chi connectivity index (χ0v) is 19.0. The van der Waals surface area contributed by atoms with Crippen LogP contribution in [0.3, 0.4) is 0 Å². The van der Waals surface area contributed by atoms with Gasteiger partial charge in [0.05, 0.1) is 28.8 Å². The van der Waals surface area contributed by atoms with Gasteiger partial charge in [-0.1, -0.05) is 17.7 Å². The van der Waals surface area contributed by atoms with E-state index in [2.05, 4.69) is 10.3 Å². The molecule has 0 aliphatic rings. The minimum Gasteiger partial charge on any atom is -0.465 e. The van der Waals surface area contributed by atoms with Gasteiger partial charge >= 0.3 is 0 Å². The lowest BCUT2D eigenvalue weighted by atomic mass is 10.1. The summed E-state index contributed by atoms with van der Waals surface area (Å²) in [4.78, 5) is 17.7. The van der Waals surface area contributed by atoms with Crippen LogP contribution in [0.25, 0.3) is 11.5 Å². The number of amides is 1. The zero-order chi connectivity index (χ0) is 22.7. The number of nitrogens with zero attached hydrogens (tertiary/aromatic N) is 1. The molecule has 0 saturated carbocycles. The standard InChI is InChI=1S/C25H24N2O4S/c1-16-4-12-22(13-5-16)32(29)15-23-18(3)31-25(27-23)20-9-7-19(8-10-20)24(28)26-14-21-11-6-17(2)30-21/h4-13H,14-15H2,1-3H3,(H,26,28)/t32-/m0/s1. The molecule has 2 aromatic heterocycles. The Morgan fingerprint density at radius 3 is 2.31 bits per heavy atom. The smallest absolute Gasteiger partial charge is 0.251 e. The quantitative estimate of drug-likeness (QED) is 0.425. The average molecular weight is 449 g/mol. The fraction of sp³-hybridized carbons (Fsp3) is 0.200. The molecule has 0 unspecified atom stereocenters. The first-order valence-electron chi connectivity index (χ1n) is 10.2. The lowest BCUT2D eigenvalue weighted by molar-refractivity contribution is 0.0948. The van der Waals surface area contributed by atoms with E-state index in [1.54, 1.807) is 24.3 Å². The number of carbonyl (C=O) groups excluding carboxylic acids is 1. The Balaban J connectivity index is 1.42. The Morgan fingerprint density at radius 1 is 0.938 bits per heavy atom. The maximum Gasteiger partial charge on any atom is 0.251 e. The molecule has 0 radical (unpaired) electrons. The van der Waals surface area contributed by atoms with Crippen LogP contribution < -0.4 is 5.32 Å². The van der Waals surface area contributed by atoms with E-state index in [0.717, 1.165) is 21.8 Å². The van der Waals surface area contributed by atoms with Crippen molar-refractivity contribution in [3.63, 3.8) is 0 Å². The van der Waals surface area contributed by atoms with Crippen LogP contribution in [0.4, 0.5) is 0 Å². The van der Waals surface area contributed by atoms with Gasteiger partial charge in [-0.2, -0.15) is 0 Å². The van der Waals surface area contributed by atoms with E-state index < -0.39 is 10.8 Å². The molecule has 0 spiro atoms. The van der Waals surface area contributed by atoms with Crippen molar-refractivity contribution in [2.24, 2.45) is 0 Å². The molecule has 4 aromatic rings. The molecule has 1 N–H and O–H groups in total. The number of benzene rings is 2. The number of nitrogens with one attached hydrogen (secondary N) is 1. The van der Waals surface area contributed by atoms with Gasteiger partial charge in [-0.3, -0.25) is 9.00 Å². The zero-order valence-electron chi connectivity index (χ0n) is 18.2. The minimum absolute atomic E-state index is 0.191. The first-order chi connectivity index (χ1) is 15.4. The summed E-state index contributed by atoms with van der Waals surface area (Å²) < 4.78 is 24.0. The minimum atomic E-state index is -1.21. The SMILES string of the molecule is Cc1ccc([S@@](=O)Cc2nc(-c3ccc(C(=O)NCc4ccc(C)o4)cc3)oc2C)cc1. The molecule has 0 bridgehead atoms. The number of aryl methyl sites for hydroxylation is 3. The fourth-order valence-corrected chi connectivity index (χ4v) is 4.32. The van der Waals surface area contributed by atoms with E-state index >= 15 is 0 Å². The molecule has 0 aliphatic heterocycles. The van der Waals surface area contributed by atoms with Gasteiger partial charge in [0.2, 0.25) is 5.89 Å². The molecular formula is C25H24N2O4S. The highest BCUT2D eigenvalue weighted by atomic mass is 32.2. The van der Waals surface area contributed by atoms with Crippen molar-refractivity contribution in [2.45, 2.75) is 38.0 Å². The Bertz CT molecular complexity index is 1250. The predicted octanol–water partition coefficient (Wildman–Crippen LogP) is 5.10. The number of rotatable bonds is 7. The van der Waals surface area contributed by atoms with Crippen molar-refractivity contribution in [3.05, 3.63) is 94.8 Å². The van der Waals surface area contributed by atoms with Crippen molar-refractivity contribution in [1.29, 1.82) is 0 Å². The van der Waals surface area contributed by atoms with Crippen LogP contribution in [0.15, 0.2) is 74.4 Å². The van der Waals surface area contributed by atoms with E-state index in [9.17, 15) is 9.00 Å². The maximum absolute atomic E-state index is 12.7. The summed E-state index contributed by atoms with van der Waals surface area (Å²) in [7, 11) is -1.21. The van der Waals surface area contributed by atoms with Crippen LogP contribution in [0, 0.1) is 20.8 Å². The molecule has 4 rings (SSSR count). The van der Waals surface area contributed by atoms with Crippen molar-refractivity contribution >= 4 is 16.7 Å². The number of furan rings is 1. The van der Waals surface area contributed by atoms with Crippen LogP contribution in [-0.4, -0.2) is 15.1 Å². The Kier molecular flexibility index (Phi) is 6.37. The molecule has 0 saturated heterocycles. The third-order valence-corrected chi connectivity index (χ3v) is 6.39. The monoisotopic (exact) mass is 448 g/mol.